The average Bonchev–Trinajstić information content (AvgIpc) is 2.36. The van der Waals surface area contributed by atoms with Crippen molar-refractivity contribution >= 4 is 17.5 Å². The SMILES string of the molecule is CC(C)CNC(=O)C(C)NC(=O)c1ccc(N)cc1. The highest BCUT2D eigenvalue weighted by Crippen LogP contribution is 2.05. The fourth-order valence-electron chi connectivity index (χ4n) is 1.44. The Balaban J connectivity index is 2.51. The fraction of sp³-hybridized carbons (Fsp3) is 0.429. The molecule has 0 aliphatic heterocycles. The van der Waals surface area contributed by atoms with E-state index in [0.717, 1.165) is 0 Å². The molecule has 1 rings (SSSR count). The van der Waals surface area contributed by atoms with Crippen molar-refractivity contribution in [3.8, 4) is 0 Å². The lowest BCUT2D eigenvalue weighted by molar-refractivity contribution is -0.122. The molecule has 5 nitrogen and oxygen atoms in total. The van der Waals surface area contributed by atoms with Gasteiger partial charge in [0.25, 0.3) is 5.91 Å². The van der Waals surface area contributed by atoms with Gasteiger partial charge in [0.05, 0.1) is 0 Å². The Bertz CT molecular complexity index is 441. The van der Waals surface area contributed by atoms with Crippen molar-refractivity contribution < 1.29 is 9.59 Å². The van der Waals surface area contributed by atoms with E-state index >= 15 is 0 Å². The predicted octanol–water partition coefficient (Wildman–Crippen LogP) is 1.16. The Kier molecular flexibility index (Phi) is 5.36. The maximum Gasteiger partial charge on any atom is 0.251 e. The van der Waals surface area contributed by atoms with Crippen LogP contribution in [0.2, 0.25) is 0 Å². The van der Waals surface area contributed by atoms with Crippen LogP contribution < -0.4 is 16.4 Å². The van der Waals surface area contributed by atoms with E-state index in [4.69, 9.17) is 5.73 Å². The van der Waals surface area contributed by atoms with Crippen LogP contribution in [-0.4, -0.2) is 24.4 Å². The molecule has 1 unspecified atom stereocenters. The van der Waals surface area contributed by atoms with E-state index in [-0.39, 0.29) is 11.8 Å². The molecule has 0 spiro atoms. The third kappa shape index (κ3) is 4.99. The summed E-state index contributed by atoms with van der Waals surface area (Å²) in [5.74, 6) is -0.0892. The monoisotopic (exact) mass is 263 g/mol. The lowest BCUT2D eigenvalue weighted by Crippen LogP contribution is -2.45. The van der Waals surface area contributed by atoms with Gasteiger partial charge in [-0.05, 0) is 37.1 Å². The zero-order valence-electron chi connectivity index (χ0n) is 11.6. The van der Waals surface area contributed by atoms with Crippen LogP contribution in [-0.2, 0) is 4.79 Å². The topological polar surface area (TPSA) is 84.2 Å². The van der Waals surface area contributed by atoms with E-state index in [9.17, 15) is 9.59 Å². The first-order valence-electron chi connectivity index (χ1n) is 6.34. The molecule has 104 valence electrons. The number of hydrogen-bond acceptors (Lipinski definition) is 3. The van der Waals surface area contributed by atoms with Gasteiger partial charge >= 0.3 is 0 Å². The average molecular weight is 263 g/mol. The first-order chi connectivity index (χ1) is 8.90. The Morgan fingerprint density at radius 2 is 1.74 bits per heavy atom. The summed E-state index contributed by atoms with van der Waals surface area (Å²) in [5.41, 5.74) is 6.63. The van der Waals surface area contributed by atoms with Crippen LogP contribution in [0.5, 0.6) is 0 Å². The van der Waals surface area contributed by atoms with Crippen molar-refractivity contribution in [3.05, 3.63) is 29.8 Å². The third-order valence-corrected chi connectivity index (χ3v) is 2.60. The van der Waals surface area contributed by atoms with Gasteiger partial charge in [-0.3, -0.25) is 9.59 Å². The molecule has 1 aromatic carbocycles. The maximum absolute atomic E-state index is 11.9. The number of hydrogen-bond donors (Lipinski definition) is 3. The molecule has 0 radical (unpaired) electrons. The molecular weight excluding hydrogens is 242 g/mol. The second-order valence-electron chi connectivity index (χ2n) is 4.96. The summed E-state index contributed by atoms with van der Waals surface area (Å²) in [5, 5.41) is 5.42. The van der Waals surface area contributed by atoms with E-state index in [2.05, 4.69) is 10.6 Å². The first kappa shape index (κ1) is 15.0. The van der Waals surface area contributed by atoms with Gasteiger partial charge in [-0.15, -0.1) is 0 Å². The van der Waals surface area contributed by atoms with Gasteiger partial charge in [-0.25, -0.2) is 0 Å². The predicted molar refractivity (Wildman–Crippen MR) is 75.6 cm³/mol. The first-order valence-corrected chi connectivity index (χ1v) is 6.34. The lowest BCUT2D eigenvalue weighted by Gasteiger charge is -2.15. The molecule has 0 saturated heterocycles. The fourth-order valence-corrected chi connectivity index (χ4v) is 1.44. The van der Waals surface area contributed by atoms with Gasteiger partial charge in [0.1, 0.15) is 6.04 Å². The standard InChI is InChI=1S/C14H21N3O2/c1-9(2)8-16-13(18)10(3)17-14(19)11-4-6-12(15)7-5-11/h4-7,9-10H,8,15H2,1-3H3,(H,16,18)(H,17,19). The lowest BCUT2D eigenvalue weighted by atomic mass is 10.1. The maximum atomic E-state index is 11.9. The Labute approximate surface area is 113 Å². The van der Waals surface area contributed by atoms with Crippen molar-refractivity contribution in [2.45, 2.75) is 26.8 Å². The molecular formula is C14H21N3O2. The summed E-state index contributed by atoms with van der Waals surface area (Å²) < 4.78 is 0. The smallest absolute Gasteiger partial charge is 0.251 e. The number of anilines is 1. The molecule has 2 amide bonds. The molecule has 5 heteroatoms. The van der Waals surface area contributed by atoms with Gasteiger partial charge in [-0.1, -0.05) is 13.8 Å². The number of benzene rings is 1. The molecule has 1 aromatic rings. The normalized spacial score (nSPS) is 12.0. The molecule has 0 bridgehead atoms. The summed E-state index contributed by atoms with van der Waals surface area (Å²) in [6.45, 7) is 6.28. The second-order valence-corrected chi connectivity index (χ2v) is 4.96. The number of nitrogens with one attached hydrogen (secondary N) is 2. The molecule has 4 N–H and O–H groups in total. The second kappa shape index (κ2) is 6.78. The molecule has 0 fully saturated rings. The molecule has 0 heterocycles. The van der Waals surface area contributed by atoms with Crippen LogP contribution in [0, 0.1) is 5.92 Å². The zero-order valence-corrected chi connectivity index (χ0v) is 11.6. The van der Waals surface area contributed by atoms with E-state index < -0.39 is 6.04 Å². The van der Waals surface area contributed by atoms with E-state index in [1.807, 2.05) is 13.8 Å². The number of nitrogens with two attached hydrogens (primary N) is 1. The Morgan fingerprint density at radius 3 is 2.26 bits per heavy atom. The summed E-state index contributed by atoms with van der Waals surface area (Å²) in [6, 6.07) is 5.99. The van der Waals surface area contributed by atoms with Crippen LogP contribution in [0.4, 0.5) is 5.69 Å². The largest absolute Gasteiger partial charge is 0.399 e. The van der Waals surface area contributed by atoms with Crippen molar-refractivity contribution in [1.29, 1.82) is 0 Å². The molecule has 19 heavy (non-hydrogen) atoms. The highest BCUT2D eigenvalue weighted by molar-refractivity contribution is 5.97. The number of rotatable bonds is 5. The molecule has 0 saturated carbocycles. The number of amides is 2. The van der Waals surface area contributed by atoms with Crippen molar-refractivity contribution in [2.75, 3.05) is 12.3 Å². The van der Waals surface area contributed by atoms with Gasteiger partial charge < -0.3 is 16.4 Å². The molecule has 0 aliphatic carbocycles. The summed E-state index contributed by atoms with van der Waals surface area (Å²) >= 11 is 0. The molecule has 0 aromatic heterocycles. The minimum atomic E-state index is -0.566. The van der Waals surface area contributed by atoms with Crippen LogP contribution in [0.3, 0.4) is 0 Å². The summed E-state index contributed by atoms with van der Waals surface area (Å²) in [4.78, 5) is 23.6. The van der Waals surface area contributed by atoms with Gasteiger partial charge in [0.2, 0.25) is 5.91 Å². The van der Waals surface area contributed by atoms with Gasteiger partial charge in [0.15, 0.2) is 0 Å². The van der Waals surface area contributed by atoms with Crippen LogP contribution in [0.15, 0.2) is 24.3 Å². The minimum Gasteiger partial charge on any atom is -0.399 e. The number of nitrogen functional groups attached to an aromatic ring is 1. The van der Waals surface area contributed by atoms with E-state index in [0.29, 0.717) is 23.7 Å². The Morgan fingerprint density at radius 1 is 1.16 bits per heavy atom. The number of carbonyl (C=O) groups is 2. The summed E-state index contributed by atoms with van der Waals surface area (Å²) in [7, 11) is 0. The van der Waals surface area contributed by atoms with Crippen LogP contribution in [0.25, 0.3) is 0 Å². The van der Waals surface area contributed by atoms with Gasteiger partial charge in [-0.2, -0.15) is 0 Å². The quantitative estimate of drug-likeness (QED) is 0.697. The molecule has 1 atom stereocenters. The Hall–Kier alpha value is -2.04. The van der Waals surface area contributed by atoms with Crippen molar-refractivity contribution in [2.24, 2.45) is 5.92 Å². The van der Waals surface area contributed by atoms with Gasteiger partial charge in [0, 0.05) is 17.8 Å². The van der Waals surface area contributed by atoms with Crippen LogP contribution >= 0.6 is 0 Å². The highest BCUT2D eigenvalue weighted by Gasteiger charge is 2.16. The highest BCUT2D eigenvalue weighted by atomic mass is 16.2. The van der Waals surface area contributed by atoms with E-state index in [1.54, 1.807) is 31.2 Å². The third-order valence-electron chi connectivity index (χ3n) is 2.60. The zero-order chi connectivity index (χ0) is 14.4. The van der Waals surface area contributed by atoms with E-state index in [1.165, 1.54) is 0 Å². The molecule has 0 aliphatic rings. The number of carbonyl (C=O) groups excluding carboxylic acids is 2. The van der Waals surface area contributed by atoms with Crippen LogP contribution in [0.1, 0.15) is 31.1 Å². The van der Waals surface area contributed by atoms with Crippen molar-refractivity contribution in [1.82, 2.24) is 10.6 Å². The van der Waals surface area contributed by atoms with Crippen molar-refractivity contribution in [3.63, 3.8) is 0 Å². The minimum absolute atomic E-state index is 0.183. The summed E-state index contributed by atoms with van der Waals surface area (Å²) in [6.07, 6.45) is 0.